The third kappa shape index (κ3) is 9.45. The summed E-state index contributed by atoms with van der Waals surface area (Å²) in [5.74, 6) is -0.649. The van der Waals surface area contributed by atoms with Crippen molar-refractivity contribution in [1.29, 1.82) is 0 Å². The van der Waals surface area contributed by atoms with Crippen molar-refractivity contribution in [2.75, 3.05) is 14.2 Å². The van der Waals surface area contributed by atoms with Gasteiger partial charge in [-0.05, 0) is 138 Å². The van der Waals surface area contributed by atoms with Crippen LogP contribution in [0.4, 0.5) is 0 Å². The van der Waals surface area contributed by atoms with Crippen LogP contribution in [-0.4, -0.2) is 35.3 Å². The van der Waals surface area contributed by atoms with Crippen LogP contribution >= 0.6 is 0 Å². The first-order chi connectivity index (χ1) is 42.4. The number of methoxy groups -OCH3 is 2. The van der Waals surface area contributed by atoms with Crippen LogP contribution in [0.2, 0.25) is 0 Å². The van der Waals surface area contributed by atoms with Gasteiger partial charge >= 0.3 is 11.9 Å². The Balaban J connectivity index is 0.978. The van der Waals surface area contributed by atoms with Crippen LogP contribution in [-0.2, 0) is 22.6 Å². The molecule has 0 spiro atoms. The summed E-state index contributed by atoms with van der Waals surface area (Å²) < 4.78 is 15.7. The Morgan fingerprint density at radius 2 is 0.558 bits per heavy atom. The molecule has 0 saturated carbocycles. The predicted molar refractivity (Wildman–Crippen MR) is 365 cm³/mol. The number of benzene rings is 12. The highest BCUT2D eigenvalue weighted by atomic mass is 16.5. The Labute approximate surface area is 505 Å². The van der Waals surface area contributed by atoms with Crippen molar-refractivity contribution in [3.63, 3.8) is 0 Å². The molecule has 0 atom stereocenters. The predicted octanol–water partition coefficient (Wildman–Crippen LogP) is 23.0. The van der Waals surface area contributed by atoms with Crippen molar-refractivity contribution < 1.29 is 19.1 Å². The number of rotatable bonds is 27. The molecule has 0 aliphatic rings. The number of hydrogen-bond acceptors (Lipinski definition) is 4. The van der Waals surface area contributed by atoms with Crippen molar-refractivity contribution in [2.45, 2.75) is 155 Å². The minimum atomic E-state index is -0.324. The summed E-state index contributed by atoms with van der Waals surface area (Å²) in [4.78, 5) is 25.4. The fraction of sp³-hybridized carbons (Fsp3) is 0.325. The number of unbranched alkanes of at least 4 members (excludes halogenated alkanes) is 18. The Bertz CT molecular complexity index is 4430. The molecule has 2 heterocycles. The summed E-state index contributed by atoms with van der Waals surface area (Å²) in [5, 5.41) is 20.9. The lowest BCUT2D eigenvalue weighted by atomic mass is 9.83. The molecule has 0 saturated heterocycles. The maximum absolute atomic E-state index is 12.7. The summed E-state index contributed by atoms with van der Waals surface area (Å²) in [6.45, 7) is 6.45. The van der Waals surface area contributed by atoms with Gasteiger partial charge in [0.05, 0.1) is 47.4 Å². The zero-order valence-electron chi connectivity index (χ0n) is 50.9. The molecule has 0 N–H and O–H groups in total. The van der Waals surface area contributed by atoms with Crippen LogP contribution in [0.25, 0.3) is 142 Å². The third-order valence-electron chi connectivity index (χ3n) is 19.8. The number of ether oxygens (including phenoxy) is 2. The first-order valence-electron chi connectivity index (χ1n) is 32.8. The first-order valence-corrected chi connectivity index (χ1v) is 32.8. The van der Waals surface area contributed by atoms with E-state index in [-0.39, 0.29) is 11.9 Å². The fourth-order valence-corrected chi connectivity index (χ4v) is 15.6. The average molecular weight is 1130 g/mol. The van der Waals surface area contributed by atoms with Crippen molar-refractivity contribution in [3.8, 4) is 33.4 Å². The summed E-state index contributed by atoms with van der Waals surface area (Å²) in [6, 6.07) is 54.1. The van der Waals surface area contributed by atoms with Gasteiger partial charge in [0.1, 0.15) is 0 Å². The zero-order valence-corrected chi connectivity index (χ0v) is 50.9. The molecule has 0 radical (unpaired) electrons. The molecule has 0 bridgehead atoms. The summed E-state index contributed by atoms with van der Waals surface area (Å²) in [5.41, 5.74) is 13.4. The van der Waals surface area contributed by atoms with Crippen LogP contribution in [0.15, 0.2) is 146 Å². The topological polar surface area (TPSA) is 62.5 Å². The molecular formula is C80H80N2O4. The zero-order chi connectivity index (χ0) is 58.4. The molecule has 14 rings (SSSR count). The van der Waals surface area contributed by atoms with Gasteiger partial charge in [-0.2, -0.15) is 0 Å². The molecule has 2 aromatic heterocycles. The second kappa shape index (κ2) is 23.9. The van der Waals surface area contributed by atoms with E-state index >= 15 is 0 Å². The monoisotopic (exact) mass is 1130 g/mol. The van der Waals surface area contributed by atoms with Gasteiger partial charge in [0.15, 0.2) is 0 Å². The highest BCUT2D eigenvalue weighted by Gasteiger charge is 2.29. The molecule has 12 aromatic carbocycles. The summed E-state index contributed by atoms with van der Waals surface area (Å²) in [7, 11) is 2.89. The lowest BCUT2D eigenvalue weighted by Gasteiger charge is -2.19. The fourth-order valence-electron chi connectivity index (χ4n) is 15.6. The highest BCUT2D eigenvalue weighted by Crippen LogP contribution is 2.55. The lowest BCUT2D eigenvalue weighted by Crippen LogP contribution is -2.00. The van der Waals surface area contributed by atoms with E-state index in [0.29, 0.717) is 11.1 Å². The minimum Gasteiger partial charge on any atom is -0.465 e. The van der Waals surface area contributed by atoms with E-state index in [1.807, 2.05) is 24.3 Å². The average Bonchev–Trinajstić information content (AvgIpc) is 1.50. The van der Waals surface area contributed by atoms with Crippen molar-refractivity contribution in [3.05, 3.63) is 157 Å². The summed E-state index contributed by atoms with van der Waals surface area (Å²) in [6.07, 6.45) is 25.8. The van der Waals surface area contributed by atoms with Crippen LogP contribution in [0.5, 0.6) is 0 Å². The maximum Gasteiger partial charge on any atom is 0.337 e. The minimum absolute atomic E-state index is 0.324. The van der Waals surface area contributed by atoms with E-state index in [2.05, 4.69) is 144 Å². The first kappa shape index (κ1) is 55.6. The number of aryl methyl sites for hydroxylation is 2. The number of carbonyl (C=O) groups is 2. The van der Waals surface area contributed by atoms with Gasteiger partial charge in [-0.15, -0.1) is 0 Å². The smallest absolute Gasteiger partial charge is 0.337 e. The number of nitrogens with zero attached hydrogens (tertiary/aromatic N) is 2. The number of hydrogen-bond donors (Lipinski definition) is 0. The van der Waals surface area contributed by atoms with Crippen molar-refractivity contribution in [2.24, 2.45) is 0 Å². The van der Waals surface area contributed by atoms with Gasteiger partial charge in [0, 0.05) is 56.2 Å². The molecule has 0 amide bonds. The van der Waals surface area contributed by atoms with Gasteiger partial charge in [-0.3, -0.25) is 0 Å². The molecule has 0 unspecified atom stereocenters. The normalized spacial score (nSPS) is 12.4. The molecule has 86 heavy (non-hydrogen) atoms. The molecule has 434 valence electrons. The van der Waals surface area contributed by atoms with Gasteiger partial charge in [0.2, 0.25) is 0 Å². The van der Waals surface area contributed by atoms with Crippen LogP contribution in [0.3, 0.4) is 0 Å². The largest absolute Gasteiger partial charge is 0.465 e. The van der Waals surface area contributed by atoms with Gasteiger partial charge in [0.25, 0.3) is 0 Å². The highest BCUT2D eigenvalue weighted by molar-refractivity contribution is 6.45. The van der Waals surface area contributed by atoms with E-state index in [9.17, 15) is 9.59 Å². The quantitative estimate of drug-likeness (QED) is 0.0223. The molecule has 6 heteroatoms. The molecule has 0 aliphatic heterocycles. The van der Waals surface area contributed by atoms with Crippen LogP contribution < -0.4 is 0 Å². The Hall–Kier alpha value is -8.22. The van der Waals surface area contributed by atoms with Crippen LogP contribution in [0, 0.1) is 0 Å². The Morgan fingerprint density at radius 1 is 0.302 bits per heavy atom. The molecule has 0 aliphatic carbocycles. The van der Waals surface area contributed by atoms with Gasteiger partial charge in [-0.25, -0.2) is 9.59 Å². The standard InChI is InChI=1S/C80H80N2O4/c1-5-7-9-11-13-15-17-19-21-23-45-81-67-47-63(51-37-41-53(42-38-51)79(83)85-3)59-33-25-29-55-57-31-27-35-61-65(49-69(81)77(73(57)61)75(67)71(55)59)66-50-70-78-74-58(32-28-36-62(66)74)56-30-26-34-60-64(52-39-43-54(44-40-52)80(84)86-4)48-68(76(78)72(56)60)82(70)46-24-22-20-18-16-14-12-10-8-6-2/h25-44,47-50H,5-24,45-46H2,1-4H3. The van der Waals surface area contributed by atoms with Crippen molar-refractivity contribution in [1.82, 2.24) is 9.13 Å². The second-order valence-corrected chi connectivity index (χ2v) is 25.0. The SMILES string of the molecule is CCCCCCCCCCCCn1c2cc(-c3ccc(C(=O)OC)cc3)c3cccc4c5cccc6c(-c7cc8c9c%10c7cccc%10c7cccc%10c(-c%11ccc(C(=O)OC)cc%11)cc(c9c%107)n8CCCCCCCCCCCC)cc1c(c65)c2c34. The molecule has 6 nitrogen and oxygen atoms in total. The molecule has 14 aromatic rings. The van der Waals surface area contributed by atoms with Crippen LogP contribution in [0.1, 0.15) is 163 Å². The number of aromatic nitrogens is 2. The Morgan fingerprint density at radius 3 is 0.849 bits per heavy atom. The number of fused-ring (bicyclic) bond motifs is 2. The Kier molecular flexibility index (Phi) is 15.5. The van der Waals surface area contributed by atoms with E-state index in [1.54, 1.807) is 0 Å². The maximum atomic E-state index is 12.7. The number of carbonyl (C=O) groups excluding carboxylic acids is 2. The second-order valence-electron chi connectivity index (χ2n) is 25.0. The van der Waals surface area contributed by atoms with E-state index in [1.165, 1.54) is 260 Å². The third-order valence-corrected chi connectivity index (χ3v) is 19.8. The molecule has 0 fully saturated rings. The van der Waals surface area contributed by atoms with Gasteiger partial charge < -0.3 is 18.6 Å². The van der Waals surface area contributed by atoms with E-state index in [4.69, 9.17) is 9.47 Å². The van der Waals surface area contributed by atoms with E-state index < -0.39 is 0 Å². The van der Waals surface area contributed by atoms with Gasteiger partial charge in [-0.1, -0.05) is 226 Å². The summed E-state index contributed by atoms with van der Waals surface area (Å²) >= 11 is 0. The van der Waals surface area contributed by atoms with E-state index in [0.717, 1.165) is 37.1 Å². The van der Waals surface area contributed by atoms with Crippen molar-refractivity contribution >= 4 is 120 Å². The molecular weight excluding hydrogens is 1050 g/mol. The lowest BCUT2D eigenvalue weighted by molar-refractivity contribution is 0.0592. The number of esters is 2.